The molecule has 2 heteroatoms. The Balaban J connectivity index is 1.06. The summed E-state index contributed by atoms with van der Waals surface area (Å²) in [6, 6.07) is 50.6. The minimum absolute atomic E-state index is 0.0986. The molecule has 0 aromatic heterocycles. The van der Waals surface area contributed by atoms with E-state index in [0.29, 0.717) is 0 Å². The van der Waals surface area contributed by atoms with Crippen LogP contribution < -0.4 is 9.80 Å². The molecule has 8 aromatic rings. The Bertz CT molecular complexity index is 3510. The monoisotopic (exact) mass is 842 g/mol. The molecule has 0 heterocycles. The van der Waals surface area contributed by atoms with Gasteiger partial charge in [0.15, 0.2) is 0 Å². The van der Waals surface area contributed by atoms with Crippen molar-refractivity contribution in [3.05, 3.63) is 254 Å². The molecule has 6 aliphatic carbocycles. The molecule has 312 valence electrons. The van der Waals surface area contributed by atoms with E-state index in [2.05, 4.69) is 241 Å². The molecule has 0 radical (unpaired) electrons. The second kappa shape index (κ2) is 13.3. The Morgan fingerprint density at radius 2 is 0.773 bits per heavy atom. The summed E-state index contributed by atoms with van der Waals surface area (Å²) >= 11 is 0. The fourth-order valence-electron chi connectivity index (χ4n) is 12.9. The van der Waals surface area contributed by atoms with Gasteiger partial charge in [-0.1, -0.05) is 195 Å². The van der Waals surface area contributed by atoms with E-state index in [1.54, 1.807) is 0 Å². The highest BCUT2D eigenvalue weighted by molar-refractivity contribution is 6.39. The quantitative estimate of drug-likeness (QED) is 0.141. The molecule has 6 aliphatic rings. The zero-order valence-corrected chi connectivity index (χ0v) is 36.7. The van der Waals surface area contributed by atoms with Crippen molar-refractivity contribution < 1.29 is 0 Å². The molecular weight excluding hydrogens is 797 g/mol. The summed E-state index contributed by atoms with van der Waals surface area (Å²) in [4.78, 5) is 5.26. The van der Waals surface area contributed by atoms with Crippen molar-refractivity contribution in [3.8, 4) is 0 Å². The first kappa shape index (κ1) is 37.4. The third-order valence-electron chi connectivity index (χ3n) is 16.1. The van der Waals surface area contributed by atoms with Crippen molar-refractivity contribution in [3.63, 3.8) is 0 Å². The summed E-state index contributed by atoms with van der Waals surface area (Å²) < 4.78 is 0. The maximum Gasteiger partial charge on any atom is 0.0781 e. The van der Waals surface area contributed by atoms with E-state index in [1.807, 2.05) is 12.2 Å². The summed E-state index contributed by atoms with van der Waals surface area (Å²) in [6.45, 7) is 8.16. The standard InChI is InChI=1S/C64H46N2/c1-3-43-23-27-47(28-24-43)65(63-37-13-17-45-15-9-11-35-61(45,63)41-63)49-31-33-53-51-19-5-8-22-56(51)60-58-40-50(32-34-54(58)52-20-6-7-21-55(52)59(60)57(53)39-49)66(48-29-25-44(4-2)26-30-48)64-38-14-18-46-16-10-12-36-62(46,64)42-64/h3-40H,1-2,41-42H2/t61?,62?,63-,64?/m0/s1. The van der Waals surface area contributed by atoms with Crippen LogP contribution >= 0.6 is 0 Å². The van der Waals surface area contributed by atoms with Gasteiger partial charge in [0.05, 0.1) is 11.1 Å². The fourth-order valence-corrected chi connectivity index (χ4v) is 12.9. The van der Waals surface area contributed by atoms with Crippen LogP contribution in [0.4, 0.5) is 22.7 Å². The molecule has 0 N–H and O–H groups in total. The van der Waals surface area contributed by atoms with Gasteiger partial charge in [-0.05, 0) is 138 Å². The molecule has 3 unspecified atom stereocenters. The number of benzene rings is 8. The lowest BCUT2D eigenvalue weighted by atomic mass is 9.82. The average molecular weight is 843 g/mol. The van der Waals surface area contributed by atoms with E-state index in [0.717, 1.165) is 24.0 Å². The van der Waals surface area contributed by atoms with Gasteiger partial charge in [0, 0.05) is 33.6 Å². The fraction of sp³-hybridized carbons (Fsp3) is 0.0938. The molecule has 2 fully saturated rings. The summed E-state index contributed by atoms with van der Waals surface area (Å²) in [5, 5.41) is 12.7. The van der Waals surface area contributed by atoms with Crippen molar-refractivity contribution >= 4 is 88.8 Å². The molecular formula is C64H46N2. The van der Waals surface area contributed by atoms with Crippen LogP contribution in [-0.4, -0.2) is 11.1 Å². The van der Waals surface area contributed by atoms with Gasteiger partial charge in [-0.15, -0.1) is 0 Å². The summed E-state index contributed by atoms with van der Waals surface area (Å²) in [5.74, 6) is 0. The van der Waals surface area contributed by atoms with Crippen LogP contribution in [0.3, 0.4) is 0 Å². The Hall–Kier alpha value is -7.94. The van der Waals surface area contributed by atoms with E-state index in [9.17, 15) is 0 Å². The lowest BCUT2D eigenvalue weighted by Gasteiger charge is -2.39. The largest absolute Gasteiger partial charge is 0.331 e. The topological polar surface area (TPSA) is 6.48 Å². The third-order valence-corrected chi connectivity index (χ3v) is 16.1. The van der Waals surface area contributed by atoms with Gasteiger partial charge >= 0.3 is 0 Å². The normalized spacial score (nSPS) is 24.7. The predicted molar refractivity (Wildman–Crippen MR) is 282 cm³/mol. The van der Waals surface area contributed by atoms with Crippen LogP contribution in [0.1, 0.15) is 24.0 Å². The molecule has 2 spiro atoms. The van der Waals surface area contributed by atoms with Gasteiger partial charge in [-0.3, -0.25) is 0 Å². The smallest absolute Gasteiger partial charge is 0.0781 e. The van der Waals surface area contributed by atoms with Crippen LogP contribution in [-0.2, 0) is 0 Å². The Morgan fingerprint density at radius 3 is 1.20 bits per heavy atom. The van der Waals surface area contributed by atoms with Gasteiger partial charge < -0.3 is 9.80 Å². The molecule has 4 atom stereocenters. The number of nitrogens with zero attached hydrogens (tertiary/aromatic N) is 2. The predicted octanol–water partition coefficient (Wildman–Crippen LogP) is 16.5. The molecule has 2 nitrogen and oxygen atoms in total. The van der Waals surface area contributed by atoms with Gasteiger partial charge in [0.25, 0.3) is 0 Å². The molecule has 0 bridgehead atoms. The van der Waals surface area contributed by atoms with E-state index in [1.165, 1.54) is 87.8 Å². The Labute approximate surface area is 385 Å². The van der Waals surface area contributed by atoms with Crippen LogP contribution in [0.25, 0.3) is 66.0 Å². The van der Waals surface area contributed by atoms with Crippen molar-refractivity contribution in [2.45, 2.75) is 23.9 Å². The maximum atomic E-state index is 4.08. The molecule has 2 saturated carbocycles. The molecule has 66 heavy (non-hydrogen) atoms. The van der Waals surface area contributed by atoms with E-state index in [-0.39, 0.29) is 21.9 Å². The molecule has 14 rings (SSSR count). The molecule has 0 saturated heterocycles. The second-order valence-corrected chi connectivity index (χ2v) is 19.1. The first-order valence-electron chi connectivity index (χ1n) is 23.3. The minimum atomic E-state index is -0.253. The number of hydrogen-bond donors (Lipinski definition) is 0. The minimum Gasteiger partial charge on any atom is -0.331 e. The number of rotatable bonds is 8. The number of anilines is 4. The van der Waals surface area contributed by atoms with Gasteiger partial charge in [0.1, 0.15) is 0 Å². The number of allylic oxidation sites excluding steroid dienone is 10. The van der Waals surface area contributed by atoms with Crippen LogP contribution in [0, 0.1) is 10.8 Å². The summed E-state index contributed by atoms with van der Waals surface area (Å²) in [6.07, 6.45) is 38.3. The highest BCUT2D eigenvalue weighted by atomic mass is 15.3. The number of fused-ring (bicyclic) bond motifs is 11. The first-order valence-corrected chi connectivity index (χ1v) is 23.3. The zero-order chi connectivity index (χ0) is 43.8. The summed E-state index contributed by atoms with van der Waals surface area (Å²) in [5.41, 5.74) is 8.99. The van der Waals surface area contributed by atoms with Crippen LogP contribution in [0.2, 0.25) is 0 Å². The lowest BCUT2D eigenvalue weighted by Crippen LogP contribution is -2.38. The van der Waals surface area contributed by atoms with Crippen LogP contribution in [0.15, 0.2) is 243 Å². The van der Waals surface area contributed by atoms with Crippen molar-refractivity contribution in [2.75, 3.05) is 9.80 Å². The van der Waals surface area contributed by atoms with Crippen molar-refractivity contribution in [2.24, 2.45) is 10.8 Å². The van der Waals surface area contributed by atoms with E-state index < -0.39 is 0 Å². The first-order chi connectivity index (χ1) is 32.5. The van der Waals surface area contributed by atoms with Crippen molar-refractivity contribution in [1.82, 2.24) is 0 Å². The molecule has 0 aliphatic heterocycles. The molecule has 8 aromatic carbocycles. The SMILES string of the molecule is C=Cc1ccc(N(c2ccc3c4ccccc4c4c5cc(N(c6ccc(C=C)cc6)[C@]67C=CC=C8C=CC=CC86C7)ccc5c5ccccc5c4c3c2)C23C=CC=C4C=CC=CC42C3)cc1. The van der Waals surface area contributed by atoms with Crippen molar-refractivity contribution in [1.29, 1.82) is 0 Å². The highest BCUT2D eigenvalue weighted by Crippen LogP contribution is 2.72. The summed E-state index contributed by atoms with van der Waals surface area (Å²) in [7, 11) is 0. The zero-order valence-electron chi connectivity index (χ0n) is 36.7. The lowest BCUT2D eigenvalue weighted by molar-refractivity contribution is 0.639. The molecule has 0 amide bonds. The van der Waals surface area contributed by atoms with Gasteiger partial charge in [-0.2, -0.15) is 0 Å². The third kappa shape index (κ3) is 4.81. The Morgan fingerprint density at radius 1 is 0.379 bits per heavy atom. The maximum absolute atomic E-state index is 4.08. The number of hydrogen-bond acceptors (Lipinski definition) is 2. The van der Waals surface area contributed by atoms with Gasteiger partial charge in [0.2, 0.25) is 0 Å². The second-order valence-electron chi connectivity index (χ2n) is 19.1. The Kier molecular flexibility index (Phi) is 7.55. The highest BCUT2D eigenvalue weighted by Gasteiger charge is 2.71. The van der Waals surface area contributed by atoms with E-state index in [4.69, 9.17) is 0 Å². The van der Waals surface area contributed by atoms with E-state index >= 15 is 0 Å². The van der Waals surface area contributed by atoms with Crippen LogP contribution in [0.5, 0.6) is 0 Å². The van der Waals surface area contributed by atoms with Gasteiger partial charge in [-0.25, -0.2) is 0 Å². The average Bonchev–Trinajstić information content (AvgIpc) is 4.26.